The molecule has 0 radical (unpaired) electrons. The predicted octanol–water partition coefficient (Wildman–Crippen LogP) is 4.88. The van der Waals surface area contributed by atoms with E-state index < -0.39 is 0 Å². The van der Waals surface area contributed by atoms with E-state index >= 15 is 0 Å². The Bertz CT molecular complexity index is 558. The molecule has 2 rings (SSSR count). The molecule has 96 valence electrons. The second-order valence-electron chi connectivity index (χ2n) is 4.39. The molecule has 0 aliphatic rings. The van der Waals surface area contributed by atoms with Crippen LogP contribution in [0.4, 0.5) is 0 Å². The van der Waals surface area contributed by atoms with Crippen LogP contribution in [0, 0.1) is 0 Å². The molecular formula is C17H15ClO. The minimum atomic E-state index is 0.0185. The van der Waals surface area contributed by atoms with Crippen molar-refractivity contribution in [1.82, 2.24) is 0 Å². The van der Waals surface area contributed by atoms with E-state index in [9.17, 15) is 4.79 Å². The lowest BCUT2D eigenvalue weighted by Gasteiger charge is -2.12. The lowest BCUT2D eigenvalue weighted by Crippen LogP contribution is -2.05. The van der Waals surface area contributed by atoms with Crippen molar-refractivity contribution in [3.8, 4) is 0 Å². The first-order valence-corrected chi connectivity index (χ1v) is 6.55. The molecule has 0 aliphatic heterocycles. The van der Waals surface area contributed by atoms with Crippen LogP contribution in [0.15, 0.2) is 67.3 Å². The maximum absolute atomic E-state index is 12.2. The van der Waals surface area contributed by atoms with Crippen LogP contribution in [0.5, 0.6) is 0 Å². The summed E-state index contributed by atoms with van der Waals surface area (Å²) in [7, 11) is 0. The fraction of sp³-hybridized carbons (Fsp3) is 0.118. The maximum Gasteiger partial charge on any atom is 0.163 e. The highest BCUT2D eigenvalue weighted by atomic mass is 35.5. The number of halogens is 1. The van der Waals surface area contributed by atoms with Crippen LogP contribution in [0.3, 0.4) is 0 Å². The minimum Gasteiger partial charge on any atom is -0.294 e. The summed E-state index contributed by atoms with van der Waals surface area (Å²) in [6.45, 7) is 3.82. The van der Waals surface area contributed by atoms with Gasteiger partial charge in [0.05, 0.1) is 0 Å². The van der Waals surface area contributed by atoms with Crippen LogP contribution in [0.1, 0.15) is 28.3 Å². The fourth-order valence-corrected chi connectivity index (χ4v) is 2.11. The van der Waals surface area contributed by atoms with Gasteiger partial charge in [-0.2, -0.15) is 0 Å². The number of Topliss-reactive ketones (excluding diaryl/α,β-unsaturated/α-hetero) is 1. The Balaban J connectivity index is 2.14. The molecule has 1 unspecified atom stereocenters. The van der Waals surface area contributed by atoms with E-state index in [1.165, 1.54) is 0 Å². The van der Waals surface area contributed by atoms with E-state index in [2.05, 4.69) is 6.58 Å². The van der Waals surface area contributed by atoms with Crippen molar-refractivity contribution < 1.29 is 4.79 Å². The van der Waals surface area contributed by atoms with Crippen LogP contribution in [-0.2, 0) is 0 Å². The summed E-state index contributed by atoms with van der Waals surface area (Å²) < 4.78 is 0. The van der Waals surface area contributed by atoms with E-state index in [0.717, 1.165) is 11.1 Å². The van der Waals surface area contributed by atoms with Gasteiger partial charge < -0.3 is 0 Å². The number of carbonyl (C=O) groups excluding carboxylic acids is 1. The summed E-state index contributed by atoms with van der Waals surface area (Å²) >= 11 is 5.87. The normalized spacial score (nSPS) is 11.8. The Morgan fingerprint density at radius 1 is 1.11 bits per heavy atom. The number of ketones is 1. The molecule has 1 atom stereocenters. The van der Waals surface area contributed by atoms with Gasteiger partial charge in [-0.3, -0.25) is 4.79 Å². The number of rotatable bonds is 5. The average Bonchev–Trinajstić information content (AvgIpc) is 2.46. The van der Waals surface area contributed by atoms with Gasteiger partial charge in [-0.15, -0.1) is 6.58 Å². The second kappa shape index (κ2) is 6.35. The molecule has 1 nitrogen and oxygen atoms in total. The molecule has 0 saturated carbocycles. The molecule has 19 heavy (non-hydrogen) atoms. The van der Waals surface area contributed by atoms with Gasteiger partial charge in [-0.25, -0.2) is 0 Å². The highest BCUT2D eigenvalue weighted by molar-refractivity contribution is 6.30. The molecule has 0 spiro atoms. The molecule has 0 amide bonds. The first-order chi connectivity index (χ1) is 9.20. The zero-order valence-electron chi connectivity index (χ0n) is 10.6. The summed E-state index contributed by atoms with van der Waals surface area (Å²) in [5.41, 5.74) is 1.80. The van der Waals surface area contributed by atoms with Gasteiger partial charge in [0, 0.05) is 22.9 Å². The molecular weight excluding hydrogens is 256 g/mol. The van der Waals surface area contributed by atoms with E-state index in [-0.39, 0.29) is 11.7 Å². The van der Waals surface area contributed by atoms with Crippen LogP contribution < -0.4 is 0 Å². The van der Waals surface area contributed by atoms with Crippen LogP contribution >= 0.6 is 11.6 Å². The SMILES string of the molecule is C=CC(CC(=O)c1ccccc1)c1ccc(Cl)cc1. The van der Waals surface area contributed by atoms with Gasteiger partial charge in [0.1, 0.15) is 0 Å². The van der Waals surface area contributed by atoms with Crippen molar-refractivity contribution in [1.29, 1.82) is 0 Å². The van der Waals surface area contributed by atoms with Crippen molar-refractivity contribution in [3.05, 3.63) is 83.4 Å². The van der Waals surface area contributed by atoms with E-state index in [1.807, 2.05) is 60.7 Å². The Morgan fingerprint density at radius 3 is 2.32 bits per heavy atom. The molecule has 0 aromatic heterocycles. The lowest BCUT2D eigenvalue weighted by atomic mass is 9.92. The Hall–Kier alpha value is -1.86. The standard InChI is InChI=1S/C17H15ClO/c1-2-13(14-8-10-16(18)11-9-14)12-17(19)15-6-4-3-5-7-15/h2-11,13H,1,12H2. The molecule has 0 bridgehead atoms. The van der Waals surface area contributed by atoms with Crippen LogP contribution in [0.2, 0.25) is 5.02 Å². The molecule has 2 heteroatoms. The van der Waals surface area contributed by atoms with E-state index in [4.69, 9.17) is 11.6 Å². The third-order valence-corrected chi connectivity index (χ3v) is 3.34. The quantitative estimate of drug-likeness (QED) is 0.559. The smallest absolute Gasteiger partial charge is 0.163 e. The van der Waals surface area contributed by atoms with Crippen molar-refractivity contribution in [2.24, 2.45) is 0 Å². The minimum absolute atomic E-state index is 0.0185. The zero-order chi connectivity index (χ0) is 13.7. The van der Waals surface area contributed by atoms with Crippen molar-refractivity contribution in [2.45, 2.75) is 12.3 Å². The third-order valence-electron chi connectivity index (χ3n) is 3.08. The van der Waals surface area contributed by atoms with Crippen molar-refractivity contribution in [3.63, 3.8) is 0 Å². The highest BCUT2D eigenvalue weighted by Gasteiger charge is 2.14. The first kappa shape index (κ1) is 13.6. The first-order valence-electron chi connectivity index (χ1n) is 6.17. The number of benzene rings is 2. The summed E-state index contributed by atoms with van der Waals surface area (Å²) in [4.78, 5) is 12.2. The number of hydrogen-bond acceptors (Lipinski definition) is 1. The Morgan fingerprint density at radius 2 is 1.74 bits per heavy atom. The number of carbonyl (C=O) groups is 1. The summed E-state index contributed by atoms with van der Waals surface area (Å²) in [5, 5.41) is 0.695. The largest absolute Gasteiger partial charge is 0.294 e. The van der Waals surface area contributed by atoms with E-state index in [0.29, 0.717) is 11.4 Å². The van der Waals surface area contributed by atoms with Crippen molar-refractivity contribution >= 4 is 17.4 Å². The summed E-state index contributed by atoms with van der Waals surface area (Å²) in [6, 6.07) is 16.9. The van der Waals surface area contributed by atoms with Crippen molar-refractivity contribution in [2.75, 3.05) is 0 Å². The van der Waals surface area contributed by atoms with Gasteiger partial charge in [0.2, 0.25) is 0 Å². The fourth-order valence-electron chi connectivity index (χ4n) is 1.99. The third kappa shape index (κ3) is 3.55. The van der Waals surface area contributed by atoms with Gasteiger partial charge >= 0.3 is 0 Å². The molecule has 0 fully saturated rings. The van der Waals surface area contributed by atoms with Gasteiger partial charge in [0.25, 0.3) is 0 Å². The topological polar surface area (TPSA) is 17.1 Å². The Labute approximate surface area is 118 Å². The van der Waals surface area contributed by atoms with Crippen LogP contribution in [0.25, 0.3) is 0 Å². The number of allylic oxidation sites excluding steroid dienone is 1. The predicted molar refractivity (Wildman–Crippen MR) is 79.8 cm³/mol. The monoisotopic (exact) mass is 270 g/mol. The average molecular weight is 271 g/mol. The zero-order valence-corrected chi connectivity index (χ0v) is 11.3. The second-order valence-corrected chi connectivity index (χ2v) is 4.82. The summed E-state index contributed by atoms with van der Waals surface area (Å²) in [5.74, 6) is 0.144. The molecule has 0 N–H and O–H groups in total. The lowest BCUT2D eigenvalue weighted by molar-refractivity contribution is 0.0978. The maximum atomic E-state index is 12.2. The van der Waals surface area contributed by atoms with E-state index in [1.54, 1.807) is 0 Å². The molecule has 0 heterocycles. The summed E-state index contributed by atoms with van der Waals surface area (Å²) in [6.07, 6.45) is 2.24. The number of hydrogen-bond donors (Lipinski definition) is 0. The molecule has 0 aliphatic carbocycles. The van der Waals surface area contributed by atoms with Crippen LogP contribution in [-0.4, -0.2) is 5.78 Å². The molecule has 0 saturated heterocycles. The molecule has 2 aromatic rings. The van der Waals surface area contributed by atoms with Gasteiger partial charge in [-0.1, -0.05) is 60.1 Å². The Kier molecular flexibility index (Phi) is 4.53. The highest BCUT2D eigenvalue weighted by Crippen LogP contribution is 2.24. The molecule has 2 aromatic carbocycles. The van der Waals surface area contributed by atoms with Gasteiger partial charge in [-0.05, 0) is 17.7 Å². The van der Waals surface area contributed by atoms with Gasteiger partial charge in [0.15, 0.2) is 5.78 Å².